The first-order chi connectivity index (χ1) is 17.9. The van der Waals surface area contributed by atoms with E-state index in [0.29, 0.717) is 23.7 Å². The van der Waals surface area contributed by atoms with E-state index in [1.807, 2.05) is 0 Å². The van der Waals surface area contributed by atoms with Gasteiger partial charge in [-0.15, -0.1) is 0 Å². The van der Waals surface area contributed by atoms with E-state index in [2.05, 4.69) is 121 Å². The van der Waals surface area contributed by atoms with E-state index < -0.39 is 0 Å². The smallest absolute Gasteiger partial charge is 0.0205 e. The molecule has 0 spiro atoms. The first-order valence-electron chi connectivity index (χ1n) is 13.1. The lowest BCUT2D eigenvalue weighted by molar-refractivity contribution is 0.531. The van der Waals surface area contributed by atoms with Crippen LogP contribution in [0.2, 0.25) is 0 Å². The van der Waals surface area contributed by atoms with Crippen LogP contribution in [-0.4, -0.2) is 0 Å². The number of fused-ring (bicyclic) bond motifs is 2. The van der Waals surface area contributed by atoms with Crippen molar-refractivity contribution in [3.8, 4) is 0 Å². The van der Waals surface area contributed by atoms with Crippen LogP contribution in [0.15, 0.2) is 121 Å². The van der Waals surface area contributed by atoms with E-state index in [0.717, 1.165) is 0 Å². The molecule has 0 saturated carbocycles. The second kappa shape index (κ2) is 6.74. The van der Waals surface area contributed by atoms with E-state index in [1.54, 1.807) is 0 Å². The maximum absolute atomic E-state index is 2.52. The van der Waals surface area contributed by atoms with Crippen molar-refractivity contribution in [2.45, 2.75) is 23.7 Å². The summed E-state index contributed by atoms with van der Waals surface area (Å²) in [7, 11) is 0. The fraction of sp³-hybridized carbons (Fsp3) is 0.111. The fourth-order valence-electron chi connectivity index (χ4n) is 7.89. The molecule has 0 N–H and O–H groups in total. The minimum Gasteiger partial charge on any atom is -0.0620 e. The molecule has 36 heavy (non-hydrogen) atoms. The molecule has 6 aliphatic rings. The van der Waals surface area contributed by atoms with Crippen molar-refractivity contribution in [3.05, 3.63) is 166 Å². The van der Waals surface area contributed by atoms with Crippen LogP contribution in [0.4, 0.5) is 0 Å². The average Bonchev–Trinajstić information content (AvgIpc) is 2.92. The van der Waals surface area contributed by atoms with Crippen LogP contribution in [0.1, 0.15) is 68.2 Å². The lowest BCUT2D eigenvalue weighted by atomic mass is 9.53. The number of hydrogen-bond acceptors (Lipinski definition) is 0. The third-order valence-corrected chi connectivity index (χ3v) is 9.24. The first-order valence-corrected chi connectivity index (χ1v) is 13.1. The third kappa shape index (κ3) is 2.30. The minimum atomic E-state index is 0.305. The van der Waals surface area contributed by atoms with E-state index in [9.17, 15) is 0 Å². The number of benzene rings is 6. The molecular weight excluding hydrogens is 432 g/mol. The van der Waals surface area contributed by atoms with Gasteiger partial charge < -0.3 is 0 Å². The second-order valence-corrected chi connectivity index (χ2v) is 10.8. The van der Waals surface area contributed by atoms with Crippen LogP contribution < -0.4 is 0 Å². The summed E-state index contributed by atoms with van der Waals surface area (Å²) in [6, 6.07) is 46.5. The van der Waals surface area contributed by atoms with Gasteiger partial charge >= 0.3 is 0 Å². The Kier molecular flexibility index (Phi) is 3.57. The van der Waals surface area contributed by atoms with E-state index in [-0.39, 0.29) is 0 Å². The SMILES string of the molecule is c1ccc2c(c1)[C@@H]1c3cc4ccccc4cc3[C@@H]2[C@H]2c3ccccc3[C@H]1c1cc3ccccc3cc12. The number of hydrogen-bond donors (Lipinski definition) is 0. The summed E-state index contributed by atoms with van der Waals surface area (Å²) in [4.78, 5) is 0. The Morgan fingerprint density at radius 1 is 0.250 bits per heavy atom. The van der Waals surface area contributed by atoms with Crippen molar-refractivity contribution >= 4 is 21.5 Å². The summed E-state index contributed by atoms with van der Waals surface area (Å²) >= 11 is 0. The Morgan fingerprint density at radius 2 is 0.472 bits per heavy atom. The van der Waals surface area contributed by atoms with Crippen LogP contribution in [0, 0.1) is 0 Å². The Hall–Kier alpha value is -4.16. The molecule has 4 atom stereocenters. The first kappa shape index (κ1) is 19.1. The molecule has 0 nitrogen and oxygen atoms in total. The van der Waals surface area contributed by atoms with Gasteiger partial charge in [0, 0.05) is 23.7 Å². The predicted octanol–water partition coefficient (Wildman–Crippen LogP) is 8.86. The minimum absolute atomic E-state index is 0.305. The van der Waals surface area contributed by atoms with Gasteiger partial charge in [0.05, 0.1) is 0 Å². The van der Waals surface area contributed by atoms with Gasteiger partial charge in [-0.25, -0.2) is 0 Å². The summed E-state index contributed by atoms with van der Waals surface area (Å²) in [5, 5.41) is 5.40. The molecule has 12 rings (SSSR count). The number of rotatable bonds is 0. The zero-order chi connectivity index (χ0) is 23.4. The maximum atomic E-state index is 2.52. The van der Waals surface area contributed by atoms with Crippen LogP contribution in [0.5, 0.6) is 0 Å². The highest BCUT2D eigenvalue weighted by molar-refractivity contribution is 5.88. The zero-order valence-electron chi connectivity index (χ0n) is 19.9. The molecule has 4 bridgehead atoms. The molecular formula is C36H24. The third-order valence-electron chi connectivity index (χ3n) is 9.24. The van der Waals surface area contributed by atoms with E-state index >= 15 is 0 Å². The Balaban J connectivity index is 1.48. The van der Waals surface area contributed by atoms with Gasteiger partial charge in [0.2, 0.25) is 0 Å². The highest BCUT2D eigenvalue weighted by Gasteiger charge is 2.49. The molecule has 0 aliphatic heterocycles. The molecule has 0 fully saturated rings. The average molecular weight is 457 g/mol. The van der Waals surface area contributed by atoms with Crippen molar-refractivity contribution in [1.29, 1.82) is 0 Å². The molecule has 0 radical (unpaired) electrons. The summed E-state index contributed by atoms with van der Waals surface area (Å²) in [6.45, 7) is 0. The van der Waals surface area contributed by atoms with E-state index in [4.69, 9.17) is 0 Å². The lowest BCUT2D eigenvalue weighted by Crippen LogP contribution is -2.35. The molecule has 0 aromatic heterocycles. The van der Waals surface area contributed by atoms with Crippen LogP contribution in [-0.2, 0) is 0 Å². The Labute approximate surface area is 210 Å². The molecule has 6 aliphatic carbocycles. The van der Waals surface area contributed by atoms with E-state index in [1.165, 1.54) is 66.1 Å². The highest BCUT2D eigenvalue weighted by atomic mass is 14.5. The fourth-order valence-corrected chi connectivity index (χ4v) is 7.89. The molecule has 6 aromatic rings. The van der Waals surface area contributed by atoms with Gasteiger partial charge in [0.15, 0.2) is 0 Å². The normalized spacial score (nSPS) is 22.4. The summed E-state index contributed by atoms with van der Waals surface area (Å²) in [5.74, 6) is 1.22. The van der Waals surface area contributed by atoms with Gasteiger partial charge in [0.1, 0.15) is 0 Å². The van der Waals surface area contributed by atoms with Crippen molar-refractivity contribution in [2.75, 3.05) is 0 Å². The molecule has 0 saturated heterocycles. The lowest BCUT2D eigenvalue weighted by Gasteiger charge is -2.50. The van der Waals surface area contributed by atoms with Gasteiger partial charge in [-0.3, -0.25) is 0 Å². The summed E-state index contributed by atoms with van der Waals surface area (Å²) in [5.41, 5.74) is 12.2. The van der Waals surface area contributed by atoms with Crippen LogP contribution >= 0.6 is 0 Å². The van der Waals surface area contributed by atoms with Gasteiger partial charge in [-0.2, -0.15) is 0 Å². The second-order valence-electron chi connectivity index (χ2n) is 10.8. The monoisotopic (exact) mass is 456 g/mol. The molecule has 6 aromatic carbocycles. The topological polar surface area (TPSA) is 0 Å². The summed E-state index contributed by atoms with van der Waals surface area (Å²) < 4.78 is 0. The van der Waals surface area contributed by atoms with Gasteiger partial charge in [-0.1, -0.05) is 121 Å². The standard InChI is InChI=1S/C36H24/c1-2-10-22-18-30-29(17-21(22)9-1)33-25-13-5-6-14-26(25)34(30)36-28-16-8-7-15-27(28)35(33)31-19-23-11-3-4-12-24(23)20-32(31)36/h1-20,33-36H/t33-,34-,35+,36+. The van der Waals surface area contributed by atoms with Crippen molar-refractivity contribution in [2.24, 2.45) is 0 Å². The van der Waals surface area contributed by atoms with Gasteiger partial charge in [-0.05, 0) is 66.1 Å². The Bertz CT molecular complexity index is 1600. The molecule has 0 amide bonds. The largest absolute Gasteiger partial charge is 0.0620 e. The molecule has 0 heteroatoms. The molecule has 0 unspecified atom stereocenters. The van der Waals surface area contributed by atoms with Crippen LogP contribution in [0.3, 0.4) is 0 Å². The summed E-state index contributed by atoms with van der Waals surface area (Å²) in [6.07, 6.45) is 0. The molecule has 168 valence electrons. The Morgan fingerprint density at radius 3 is 0.722 bits per heavy atom. The maximum Gasteiger partial charge on any atom is 0.0205 e. The molecule has 0 heterocycles. The highest BCUT2D eigenvalue weighted by Crippen LogP contribution is 2.64. The van der Waals surface area contributed by atoms with Crippen LogP contribution in [0.25, 0.3) is 21.5 Å². The van der Waals surface area contributed by atoms with Crippen molar-refractivity contribution < 1.29 is 0 Å². The quantitative estimate of drug-likeness (QED) is 0.214. The van der Waals surface area contributed by atoms with Crippen molar-refractivity contribution in [3.63, 3.8) is 0 Å². The van der Waals surface area contributed by atoms with Gasteiger partial charge in [0.25, 0.3) is 0 Å². The van der Waals surface area contributed by atoms with Crippen molar-refractivity contribution in [1.82, 2.24) is 0 Å². The predicted molar refractivity (Wildman–Crippen MR) is 148 cm³/mol. The zero-order valence-corrected chi connectivity index (χ0v) is 19.9.